The number of hydrogen-bond acceptors (Lipinski definition) is 2. The fourth-order valence-electron chi connectivity index (χ4n) is 4.77. The standard InChI is InChI=1S/C28H28Cl2F3NO2/c1-15-10-19-20(27(4,5)9-8-26(19,2)3)12-16(15)11-18-6-7-23(36-18)25(35)34-24-21(29)13-17(14-22(24)30)28(31,32)33/h6-7,10,12-14H,8-9,11H2,1-5H3,(H,34,35). The van der Waals surface area contributed by atoms with Gasteiger partial charge in [0, 0.05) is 6.42 Å². The third-order valence-electron chi connectivity index (χ3n) is 7.17. The molecule has 0 fully saturated rings. The maximum Gasteiger partial charge on any atom is 0.416 e. The number of rotatable bonds is 4. The van der Waals surface area contributed by atoms with Crippen molar-refractivity contribution in [3.63, 3.8) is 0 Å². The van der Waals surface area contributed by atoms with E-state index in [1.54, 1.807) is 6.07 Å². The summed E-state index contributed by atoms with van der Waals surface area (Å²) in [6.45, 7) is 11.2. The third kappa shape index (κ3) is 5.16. The van der Waals surface area contributed by atoms with Crippen molar-refractivity contribution in [3.05, 3.63) is 85.8 Å². The number of fused-ring (bicyclic) bond motifs is 1. The molecule has 3 aromatic rings. The predicted molar refractivity (Wildman–Crippen MR) is 137 cm³/mol. The number of furan rings is 1. The molecule has 1 aliphatic carbocycles. The number of nitrogens with one attached hydrogen (secondary N) is 1. The van der Waals surface area contributed by atoms with Crippen molar-refractivity contribution >= 4 is 34.8 Å². The molecule has 1 N–H and O–H groups in total. The molecular weight excluding hydrogens is 510 g/mol. The van der Waals surface area contributed by atoms with Crippen LogP contribution in [0, 0.1) is 6.92 Å². The van der Waals surface area contributed by atoms with Gasteiger partial charge in [-0.2, -0.15) is 13.2 Å². The second kappa shape index (κ2) is 9.14. The summed E-state index contributed by atoms with van der Waals surface area (Å²) in [5.41, 5.74) is 4.08. The molecule has 0 bridgehead atoms. The molecule has 0 aliphatic heterocycles. The molecule has 1 aromatic heterocycles. The molecule has 0 unspecified atom stereocenters. The molecule has 8 heteroatoms. The Morgan fingerprint density at radius 3 is 2.08 bits per heavy atom. The van der Waals surface area contributed by atoms with Gasteiger partial charge < -0.3 is 9.73 Å². The highest BCUT2D eigenvalue weighted by Crippen LogP contribution is 2.46. The van der Waals surface area contributed by atoms with Crippen molar-refractivity contribution in [1.82, 2.24) is 0 Å². The molecule has 1 aliphatic rings. The first-order chi connectivity index (χ1) is 16.6. The Morgan fingerprint density at radius 2 is 1.53 bits per heavy atom. The smallest absolute Gasteiger partial charge is 0.416 e. The predicted octanol–water partition coefficient (Wildman–Crippen LogP) is 9.11. The maximum absolute atomic E-state index is 13.0. The van der Waals surface area contributed by atoms with Crippen LogP contribution in [0.2, 0.25) is 10.0 Å². The Hall–Kier alpha value is -2.44. The second-order valence-corrected chi connectivity index (χ2v) is 11.6. The highest BCUT2D eigenvalue weighted by molar-refractivity contribution is 6.40. The molecule has 1 heterocycles. The summed E-state index contributed by atoms with van der Waals surface area (Å²) in [7, 11) is 0. The summed E-state index contributed by atoms with van der Waals surface area (Å²) >= 11 is 11.9. The monoisotopic (exact) mass is 537 g/mol. The van der Waals surface area contributed by atoms with Crippen LogP contribution in [0.5, 0.6) is 0 Å². The van der Waals surface area contributed by atoms with Crippen LogP contribution in [0.15, 0.2) is 40.8 Å². The molecule has 192 valence electrons. The Bertz CT molecular complexity index is 1320. The van der Waals surface area contributed by atoms with Gasteiger partial charge in [-0.15, -0.1) is 0 Å². The van der Waals surface area contributed by atoms with Crippen molar-refractivity contribution in [2.75, 3.05) is 5.32 Å². The second-order valence-electron chi connectivity index (χ2n) is 10.8. The van der Waals surface area contributed by atoms with Gasteiger partial charge in [0.25, 0.3) is 5.91 Å². The van der Waals surface area contributed by atoms with Crippen LogP contribution < -0.4 is 5.32 Å². The van der Waals surface area contributed by atoms with Gasteiger partial charge >= 0.3 is 6.18 Å². The lowest BCUT2D eigenvalue weighted by atomic mass is 9.62. The average Bonchev–Trinajstić information content (AvgIpc) is 3.23. The van der Waals surface area contributed by atoms with Gasteiger partial charge in [-0.25, -0.2) is 0 Å². The van der Waals surface area contributed by atoms with Gasteiger partial charge in [0.15, 0.2) is 5.76 Å². The number of amides is 1. The summed E-state index contributed by atoms with van der Waals surface area (Å²) in [5, 5.41) is 1.83. The Kier molecular flexibility index (Phi) is 6.76. The summed E-state index contributed by atoms with van der Waals surface area (Å²) in [6, 6.07) is 9.22. The van der Waals surface area contributed by atoms with Gasteiger partial charge in [0.2, 0.25) is 0 Å². The van der Waals surface area contributed by atoms with Crippen LogP contribution in [-0.2, 0) is 23.4 Å². The largest absolute Gasteiger partial charge is 0.456 e. The summed E-state index contributed by atoms with van der Waals surface area (Å²) in [6.07, 6.45) is -1.86. The number of benzene rings is 2. The van der Waals surface area contributed by atoms with Gasteiger partial charge in [-0.1, -0.05) is 63.0 Å². The number of hydrogen-bond donors (Lipinski definition) is 1. The minimum atomic E-state index is -4.61. The highest BCUT2D eigenvalue weighted by Gasteiger charge is 2.37. The molecule has 0 saturated heterocycles. The zero-order valence-electron chi connectivity index (χ0n) is 20.8. The Balaban J connectivity index is 1.56. The molecule has 0 saturated carbocycles. The summed E-state index contributed by atoms with van der Waals surface area (Å²) < 4.78 is 44.7. The highest BCUT2D eigenvalue weighted by atomic mass is 35.5. The van der Waals surface area contributed by atoms with E-state index >= 15 is 0 Å². The Morgan fingerprint density at radius 1 is 0.972 bits per heavy atom. The van der Waals surface area contributed by atoms with E-state index in [9.17, 15) is 18.0 Å². The van der Waals surface area contributed by atoms with E-state index in [2.05, 4.69) is 52.1 Å². The average molecular weight is 538 g/mol. The topological polar surface area (TPSA) is 42.2 Å². The lowest BCUT2D eigenvalue weighted by Crippen LogP contribution is -2.34. The van der Waals surface area contributed by atoms with E-state index < -0.39 is 17.6 Å². The van der Waals surface area contributed by atoms with E-state index in [1.807, 2.05) is 0 Å². The van der Waals surface area contributed by atoms with Crippen molar-refractivity contribution in [2.45, 2.75) is 70.9 Å². The Labute approximate surface area is 219 Å². The zero-order valence-corrected chi connectivity index (χ0v) is 22.3. The van der Waals surface area contributed by atoms with E-state index in [0.29, 0.717) is 12.2 Å². The van der Waals surface area contributed by atoms with Crippen LogP contribution in [0.3, 0.4) is 0 Å². The van der Waals surface area contributed by atoms with E-state index in [1.165, 1.54) is 17.2 Å². The van der Waals surface area contributed by atoms with E-state index in [4.69, 9.17) is 27.6 Å². The normalized spacial score (nSPS) is 16.5. The van der Waals surface area contributed by atoms with Gasteiger partial charge in [-0.05, 0) is 77.1 Å². The minimum Gasteiger partial charge on any atom is -0.456 e. The van der Waals surface area contributed by atoms with Crippen LogP contribution in [0.1, 0.15) is 84.7 Å². The quantitative estimate of drug-likeness (QED) is 0.360. The lowest BCUT2D eigenvalue weighted by molar-refractivity contribution is -0.137. The van der Waals surface area contributed by atoms with Crippen LogP contribution in [0.4, 0.5) is 18.9 Å². The first kappa shape index (κ1) is 26.6. The fraction of sp³-hybridized carbons (Fsp3) is 0.393. The lowest BCUT2D eigenvalue weighted by Gasteiger charge is -2.42. The van der Waals surface area contributed by atoms with Crippen molar-refractivity contribution < 1.29 is 22.4 Å². The molecule has 0 atom stereocenters. The molecule has 36 heavy (non-hydrogen) atoms. The minimum absolute atomic E-state index is 0.00843. The van der Waals surface area contributed by atoms with E-state index in [-0.39, 0.29) is 32.3 Å². The molecular formula is C28H28Cl2F3NO2. The third-order valence-corrected chi connectivity index (χ3v) is 7.76. The van der Waals surface area contributed by atoms with Gasteiger partial charge in [-0.3, -0.25) is 4.79 Å². The first-order valence-corrected chi connectivity index (χ1v) is 12.4. The van der Waals surface area contributed by atoms with Crippen molar-refractivity contribution in [2.24, 2.45) is 0 Å². The number of carbonyl (C=O) groups excluding carboxylic acids is 1. The van der Waals surface area contributed by atoms with Crippen LogP contribution in [-0.4, -0.2) is 5.91 Å². The molecule has 0 radical (unpaired) electrons. The molecule has 1 amide bonds. The first-order valence-electron chi connectivity index (χ1n) is 11.7. The van der Waals surface area contributed by atoms with Crippen molar-refractivity contribution in [1.29, 1.82) is 0 Å². The molecule has 2 aromatic carbocycles. The van der Waals surface area contributed by atoms with E-state index in [0.717, 1.165) is 36.1 Å². The summed E-state index contributed by atoms with van der Waals surface area (Å²) in [5.74, 6) is -0.0512. The number of anilines is 1. The van der Waals surface area contributed by atoms with Gasteiger partial charge in [0.05, 0.1) is 21.3 Å². The number of alkyl halides is 3. The van der Waals surface area contributed by atoms with Crippen LogP contribution >= 0.6 is 23.2 Å². The van der Waals surface area contributed by atoms with Gasteiger partial charge in [0.1, 0.15) is 5.76 Å². The fourth-order valence-corrected chi connectivity index (χ4v) is 5.35. The molecule has 4 rings (SSSR count). The number of halogens is 5. The molecule has 3 nitrogen and oxygen atoms in total. The van der Waals surface area contributed by atoms with Crippen LogP contribution in [0.25, 0.3) is 0 Å². The summed E-state index contributed by atoms with van der Waals surface area (Å²) in [4.78, 5) is 12.7. The zero-order chi connectivity index (χ0) is 26.6. The number of carbonyl (C=O) groups is 1. The SMILES string of the molecule is Cc1cc2c(cc1Cc1ccc(C(=O)Nc3c(Cl)cc(C(F)(F)F)cc3Cl)o1)C(C)(C)CCC2(C)C. The molecule has 0 spiro atoms. The maximum atomic E-state index is 13.0. The van der Waals surface area contributed by atoms with Crippen molar-refractivity contribution in [3.8, 4) is 0 Å². The number of aryl methyl sites for hydroxylation is 1.